The number of alkyl halides is 1. The average Bonchev–Trinajstić information content (AvgIpc) is 2.96. The number of ether oxygens (including phenoxy) is 1. The maximum absolute atomic E-state index is 6.27. The highest BCUT2D eigenvalue weighted by Gasteiger charge is 2.41. The van der Waals surface area contributed by atoms with Crippen LogP contribution in [0.15, 0.2) is 0 Å². The van der Waals surface area contributed by atoms with Crippen molar-refractivity contribution in [3.8, 4) is 0 Å². The second-order valence-corrected chi connectivity index (χ2v) is 6.96. The summed E-state index contributed by atoms with van der Waals surface area (Å²) in [6.45, 7) is 4.38. The summed E-state index contributed by atoms with van der Waals surface area (Å²) in [5.74, 6) is 0. The minimum atomic E-state index is 0.299. The first-order valence-corrected chi connectivity index (χ1v) is 8.18. The largest absolute Gasteiger partial charge is 0.370 e. The molecule has 1 spiro atoms. The summed E-state index contributed by atoms with van der Waals surface area (Å²) in [6.07, 6.45) is 10.8. The third kappa shape index (κ3) is 3.93. The standard InChI is InChI=1S/C14H26BrNO/c1-2-12(15)6-10-16-11-13-5-9-14(17-13)7-3-4-8-14/h12-13,16H,2-11H2,1H3. The molecular formula is C14H26BrNO. The smallest absolute Gasteiger partial charge is 0.0708 e. The van der Waals surface area contributed by atoms with Gasteiger partial charge in [-0.05, 0) is 45.1 Å². The molecule has 2 atom stereocenters. The van der Waals surface area contributed by atoms with E-state index in [0.717, 1.165) is 13.1 Å². The average molecular weight is 304 g/mol. The first-order valence-electron chi connectivity index (χ1n) is 7.27. The number of nitrogens with one attached hydrogen (secondary N) is 1. The van der Waals surface area contributed by atoms with E-state index in [2.05, 4.69) is 28.2 Å². The molecule has 1 saturated heterocycles. The highest BCUT2D eigenvalue weighted by Crippen LogP contribution is 2.43. The Bertz CT molecular complexity index is 228. The lowest BCUT2D eigenvalue weighted by atomic mass is 9.98. The van der Waals surface area contributed by atoms with Gasteiger partial charge in [-0.15, -0.1) is 0 Å². The minimum Gasteiger partial charge on any atom is -0.370 e. The Morgan fingerprint density at radius 3 is 2.82 bits per heavy atom. The summed E-state index contributed by atoms with van der Waals surface area (Å²) in [6, 6.07) is 0. The van der Waals surface area contributed by atoms with E-state index in [9.17, 15) is 0 Å². The summed E-state index contributed by atoms with van der Waals surface area (Å²) in [5.41, 5.74) is 0.299. The molecule has 2 fully saturated rings. The molecule has 2 rings (SSSR count). The van der Waals surface area contributed by atoms with Gasteiger partial charge < -0.3 is 10.1 Å². The predicted octanol–water partition coefficient (Wildman–Crippen LogP) is 3.63. The van der Waals surface area contributed by atoms with Crippen molar-refractivity contribution in [2.24, 2.45) is 0 Å². The molecular weight excluding hydrogens is 278 g/mol. The van der Waals surface area contributed by atoms with Gasteiger partial charge in [-0.1, -0.05) is 35.7 Å². The summed E-state index contributed by atoms with van der Waals surface area (Å²) in [4.78, 5) is 0.667. The van der Waals surface area contributed by atoms with Gasteiger partial charge in [0.2, 0.25) is 0 Å². The lowest BCUT2D eigenvalue weighted by Gasteiger charge is -2.24. The van der Waals surface area contributed by atoms with E-state index < -0.39 is 0 Å². The molecule has 1 saturated carbocycles. The maximum Gasteiger partial charge on any atom is 0.0708 e. The molecule has 100 valence electrons. The van der Waals surface area contributed by atoms with Crippen LogP contribution in [0.3, 0.4) is 0 Å². The molecule has 0 bridgehead atoms. The highest BCUT2D eigenvalue weighted by atomic mass is 79.9. The van der Waals surface area contributed by atoms with Crippen molar-refractivity contribution < 1.29 is 4.74 Å². The molecule has 3 heteroatoms. The third-order valence-electron chi connectivity index (χ3n) is 4.30. The van der Waals surface area contributed by atoms with Crippen molar-refractivity contribution in [2.75, 3.05) is 13.1 Å². The van der Waals surface area contributed by atoms with Crippen molar-refractivity contribution in [3.05, 3.63) is 0 Å². The van der Waals surface area contributed by atoms with E-state index >= 15 is 0 Å². The monoisotopic (exact) mass is 303 g/mol. The first kappa shape index (κ1) is 13.8. The molecule has 1 aliphatic carbocycles. The predicted molar refractivity (Wildman–Crippen MR) is 75.8 cm³/mol. The quantitative estimate of drug-likeness (QED) is 0.597. The van der Waals surface area contributed by atoms with Gasteiger partial charge in [0.1, 0.15) is 0 Å². The second-order valence-electron chi connectivity index (χ2n) is 5.67. The molecule has 0 aromatic carbocycles. The summed E-state index contributed by atoms with van der Waals surface area (Å²) >= 11 is 3.67. The van der Waals surface area contributed by atoms with Crippen molar-refractivity contribution in [3.63, 3.8) is 0 Å². The van der Waals surface area contributed by atoms with E-state index in [-0.39, 0.29) is 0 Å². The number of hydrogen-bond donors (Lipinski definition) is 1. The van der Waals surface area contributed by atoms with Gasteiger partial charge in [0.25, 0.3) is 0 Å². The van der Waals surface area contributed by atoms with Gasteiger partial charge in [0, 0.05) is 11.4 Å². The zero-order valence-electron chi connectivity index (χ0n) is 11.0. The Hall–Kier alpha value is 0.400. The van der Waals surface area contributed by atoms with Crippen molar-refractivity contribution in [1.29, 1.82) is 0 Å². The van der Waals surface area contributed by atoms with E-state index in [0.29, 0.717) is 16.5 Å². The molecule has 0 amide bonds. The van der Waals surface area contributed by atoms with Crippen molar-refractivity contribution in [1.82, 2.24) is 5.32 Å². The SMILES string of the molecule is CCC(Br)CCNCC1CCC2(CCCC2)O1. The van der Waals surface area contributed by atoms with Gasteiger partial charge in [-0.3, -0.25) is 0 Å². The number of rotatable bonds is 6. The van der Waals surface area contributed by atoms with Crippen LogP contribution in [0.4, 0.5) is 0 Å². The lowest BCUT2D eigenvalue weighted by Crippen LogP contribution is -2.32. The van der Waals surface area contributed by atoms with Gasteiger partial charge >= 0.3 is 0 Å². The van der Waals surface area contributed by atoms with Crippen LogP contribution in [0.25, 0.3) is 0 Å². The third-order valence-corrected chi connectivity index (χ3v) is 5.41. The molecule has 1 heterocycles. The summed E-state index contributed by atoms with van der Waals surface area (Å²) in [7, 11) is 0. The van der Waals surface area contributed by atoms with Crippen LogP contribution in [0.5, 0.6) is 0 Å². The van der Waals surface area contributed by atoms with Gasteiger partial charge in [-0.2, -0.15) is 0 Å². The fraction of sp³-hybridized carbons (Fsp3) is 1.00. The number of halogens is 1. The molecule has 0 radical (unpaired) electrons. The first-order chi connectivity index (χ1) is 8.24. The highest BCUT2D eigenvalue weighted by molar-refractivity contribution is 9.09. The zero-order valence-corrected chi connectivity index (χ0v) is 12.6. The molecule has 2 aliphatic rings. The zero-order chi connectivity index (χ0) is 12.1. The van der Waals surface area contributed by atoms with E-state index in [1.165, 1.54) is 51.4 Å². The maximum atomic E-state index is 6.27. The Morgan fingerprint density at radius 2 is 2.12 bits per heavy atom. The van der Waals surface area contributed by atoms with Crippen molar-refractivity contribution in [2.45, 2.75) is 74.8 Å². The van der Waals surface area contributed by atoms with Crippen LogP contribution in [-0.2, 0) is 4.74 Å². The molecule has 1 aliphatic heterocycles. The normalized spacial score (nSPS) is 28.9. The summed E-state index contributed by atoms with van der Waals surface area (Å²) < 4.78 is 6.27. The van der Waals surface area contributed by atoms with Gasteiger partial charge in [0.15, 0.2) is 0 Å². The van der Waals surface area contributed by atoms with Crippen LogP contribution >= 0.6 is 15.9 Å². The van der Waals surface area contributed by atoms with Crippen LogP contribution in [0.1, 0.15) is 58.3 Å². The van der Waals surface area contributed by atoms with Crippen LogP contribution < -0.4 is 5.32 Å². The van der Waals surface area contributed by atoms with Crippen LogP contribution in [0.2, 0.25) is 0 Å². The Kier molecular flexibility index (Phi) is 5.31. The van der Waals surface area contributed by atoms with Crippen molar-refractivity contribution >= 4 is 15.9 Å². The lowest BCUT2D eigenvalue weighted by molar-refractivity contribution is -0.0350. The molecule has 2 nitrogen and oxygen atoms in total. The number of hydrogen-bond acceptors (Lipinski definition) is 2. The van der Waals surface area contributed by atoms with E-state index in [1.54, 1.807) is 0 Å². The molecule has 1 N–H and O–H groups in total. The molecule has 17 heavy (non-hydrogen) atoms. The van der Waals surface area contributed by atoms with E-state index in [4.69, 9.17) is 4.74 Å². The minimum absolute atomic E-state index is 0.299. The Morgan fingerprint density at radius 1 is 1.35 bits per heavy atom. The van der Waals surface area contributed by atoms with Crippen LogP contribution in [0, 0.1) is 0 Å². The van der Waals surface area contributed by atoms with Gasteiger partial charge in [-0.25, -0.2) is 0 Å². The van der Waals surface area contributed by atoms with Crippen LogP contribution in [-0.4, -0.2) is 29.6 Å². The fourth-order valence-corrected chi connectivity index (χ4v) is 3.38. The molecule has 2 unspecified atom stereocenters. The molecule has 0 aromatic rings. The Balaban J connectivity index is 1.58. The summed E-state index contributed by atoms with van der Waals surface area (Å²) in [5, 5.41) is 3.54. The fourth-order valence-electron chi connectivity index (χ4n) is 3.15. The molecule has 0 aromatic heterocycles. The topological polar surface area (TPSA) is 21.3 Å². The van der Waals surface area contributed by atoms with E-state index in [1.807, 2.05) is 0 Å². The second kappa shape index (κ2) is 6.53. The Labute approximate surface area is 114 Å². The van der Waals surface area contributed by atoms with Gasteiger partial charge in [0.05, 0.1) is 11.7 Å².